The number of halogens is 1. The number of carbonyl (C=O) groups excluding carboxylic acids is 1. The number of hydrogen-bond acceptors (Lipinski definition) is 4. The summed E-state index contributed by atoms with van der Waals surface area (Å²) in [4.78, 5) is 33.2. The van der Waals surface area contributed by atoms with Gasteiger partial charge in [0, 0.05) is 6.07 Å². The molecule has 0 amide bonds. The lowest BCUT2D eigenvalue weighted by Crippen LogP contribution is -2.02. The normalized spacial score (nSPS) is 9.93. The smallest absolute Gasteiger partial charge is 0.375 e. The summed E-state index contributed by atoms with van der Waals surface area (Å²) >= 11 is 5.22. The number of nitro groups is 1. The molecule has 8 heteroatoms. The van der Waals surface area contributed by atoms with Crippen LogP contribution >= 0.6 is 11.6 Å². The second kappa shape index (κ2) is 4.09. The first-order valence-corrected chi connectivity index (χ1v) is 4.20. The van der Waals surface area contributed by atoms with E-state index in [4.69, 9.17) is 16.7 Å². The molecule has 0 atom stereocenters. The summed E-state index contributed by atoms with van der Waals surface area (Å²) in [5.74, 6) is -3.19. The molecule has 0 fully saturated rings. The van der Waals surface area contributed by atoms with E-state index in [0.717, 1.165) is 6.07 Å². The van der Waals surface area contributed by atoms with Crippen LogP contribution in [0.1, 0.15) is 20.8 Å². The van der Waals surface area contributed by atoms with Crippen molar-refractivity contribution < 1.29 is 19.6 Å². The first kappa shape index (κ1) is 11.2. The van der Waals surface area contributed by atoms with Gasteiger partial charge in [0.05, 0.1) is 5.88 Å². The predicted octanol–water partition coefficient (Wildman–Crippen LogP) is 1.04. The number of ketones is 1. The van der Waals surface area contributed by atoms with Crippen LogP contribution in [0.15, 0.2) is 6.07 Å². The van der Waals surface area contributed by atoms with Crippen LogP contribution in [-0.4, -0.2) is 32.6 Å². The van der Waals surface area contributed by atoms with Crippen molar-refractivity contribution in [3.8, 4) is 0 Å². The third-order valence-corrected chi connectivity index (χ3v) is 1.87. The number of H-pyrrole nitrogens is 1. The zero-order chi connectivity index (χ0) is 11.6. The maximum Gasteiger partial charge on any atom is 0.375 e. The van der Waals surface area contributed by atoms with E-state index in [-0.39, 0.29) is 5.56 Å². The maximum absolute atomic E-state index is 11.1. The van der Waals surface area contributed by atoms with Crippen molar-refractivity contribution in [1.82, 2.24) is 4.98 Å². The van der Waals surface area contributed by atoms with Gasteiger partial charge in [-0.1, -0.05) is 0 Å². The number of aromatic carboxylic acids is 1. The van der Waals surface area contributed by atoms with Gasteiger partial charge in [-0.15, -0.1) is 11.6 Å². The highest BCUT2D eigenvalue weighted by molar-refractivity contribution is 6.31. The summed E-state index contributed by atoms with van der Waals surface area (Å²) in [6, 6.07) is 0.894. The number of hydrogen-bond donors (Lipinski definition) is 2. The second-order valence-electron chi connectivity index (χ2n) is 2.56. The highest BCUT2D eigenvalue weighted by Crippen LogP contribution is 2.19. The van der Waals surface area contributed by atoms with E-state index in [9.17, 15) is 19.7 Å². The third kappa shape index (κ3) is 2.13. The molecule has 1 aromatic heterocycles. The van der Waals surface area contributed by atoms with Crippen molar-refractivity contribution in [2.45, 2.75) is 0 Å². The Labute approximate surface area is 87.8 Å². The van der Waals surface area contributed by atoms with Crippen LogP contribution in [0.2, 0.25) is 0 Å². The Bertz CT molecular complexity index is 439. The van der Waals surface area contributed by atoms with E-state index < -0.39 is 34.1 Å². The van der Waals surface area contributed by atoms with Gasteiger partial charge in [-0.2, -0.15) is 0 Å². The molecule has 15 heavy (non-hydrogen) atoms. The van der Waals surface area contributed by atoms with Gasteiger partial charge in [0.2, 0.25) is 5.69 Å². The van der Waals surface area contributed by atoms with Crippen LogP contribution in [0.5, 0.6) is 0 Å². The molecular weight excluding hydrogens is 228 g/mol. The van der Waals surface area contributed by atoms with Crippen molar-refractivity contribution >= 4 is 29.2 Å². The number of aromatic nitrogens is 1. The van der Waals surface area contributed by atoms with Gasteiger partial charge < -0.3 is 15.2 Å². The van der Waals surface area contributed by atoms with Crippen molar-refractivity contribution in [2.24, 2.45) is 0 Å². The molecule has 0 spiro atoms. The van der Waals surface area contributed by atoms with E-state index in [0.29, 0.717) is 0 Å². The number of carboxylic acid groups (broad SMARTS) is 1. The standard InChI is InChI=1S/C7H5ClN2O5/c8-2-5(11)3-1-4(7(12)13)9-6(3)10(14)15/h1,9H,2H2,(H,12,13). The van der Waals surface area contributed by atoms with Gasteiger partial charge in [0.15, 0.2) is 5.78 Å². The molecule has 0 saturated carbocycles. The Hall–Kier alpha value is -1.89. The number of Topliss-reactive ketones (excluding diaryl/α,β-unsaturated/α-hetero) is 1. The Balaban J connectivity index is 3.29. The molecule has 1 aromatic rings. The first-order valence-electron chi connectivity index (χ1n) is 3.67. The lowest BCUT2D eigenvalue weighted by molar-refractivity contribution is -0.389. The SMILES string of the molecule is O=C(O)c1cc(C(=O)CCl)c([N+](=O)[O-])[nH]1. The molecular formula is C7H5ClN2O5. The molecule has 0 aliphatic heterocycles. The molecule has 2 N–H and O–H groups in total. The Kier molecular flexibility index (Phi) is 3.05. The van der Waals surface area contributed by atoms with Gasteiger partial charge in [-0.3, -0.25) is 4.79 Å². The molecule has 0 aliphatic rings. The summed E-state index contributed by atoms with van der Waals surface area (Å²) in [5.41, 5.74) is -0.748. The minimum atomic E-state index is -1.38. The van der Waals surface area contributed by atoms with E-state index in [1.807, 2.05) is 4.98 Å². The molecule has 0 unspecified atom stereocenters. The summed E-state index contributed by atoms with van der Waals surface area (Å²) in [5, 5.41) is 19.0. The Morgan fingerprint density at radius 2 is 2.20 bits per heavy atom. The van der Waals surface area contributed by atoms with E-state index in [1.165, 1.54) is 0 Å². The quantitative estimate of drug-likeness (QED) is 0.348. The fraction of sp³-hybridized carbons (Fsp3) is 0.143. The van der Waals surface area contributed by atoms with E-state index in [1.54, 1.807) is 0 Å². The minimum absolute atomic E-state index is 0.326. The number of nitrogens with zero attached hydrogens (tertiary/aromatic N) is 1. The number of carboxylic acids is 1. The zero-order valence-corrected chi connectivity index (χ0v) is 7.95. The molecule has 1 heterocycles. The van der Waals surface area contributed by atoms with Gasteiger partial charge in [-0.25, -0.2) is 9.78 Å². The molecule has 0 aliphatic carbocycles. The molecule has 0 aromatic carbocycles. The molecule has 0 radical (unpaired) electrons. The lowest BCUT2D eigenvalue weighted by atomic mass is 10.2. The van der Waals surface area contributed by atoms with Gasteiger partial charge in [-0.05, 0) is 4.92 Å². The van der Waals surface area contributed by atoms with Crippen LogP contribution in [0, 0.1) is 10.1 Å². The van der Waals surface area contributed by atoms with Gasteiger partial charge in [0.25, 0.3) is 0 Å². The fourth-order valence-corrected chi connectivity index (χ4v) is 1.13. The lowest BCUT2D eigenvalue weighted by Gasteiger charge is -1.93. The van der Waals surface area contributed by atoms with Crippen molar-refractivity contribution in [1.29, 1.82) is 0 Å². The van der Waals surface area contributed by atoms with Crippen LogP contribution in [0.25, 0.3) is 0 Å². The van der Waals surface area contributed by atoms with Crippen LogP contribution in [0.4, 0.5) is 5.82 Å². The van der Waals surface area contributed by atoms with Crippen LogP contribution < -0.4 is 0 Å². The Morgan fingerprint density at radius 1 is 1.60 bits per heavy atom. The number of rotatable bonds is 4. The fourth-order valence-electron chi connectivity index (χ4n) is 0.987. The average molecular weight is 233 g/mol. The van der Waals surface area contributed by atoms with E-state index >= 15 is 0 Å². The average Bonchev–Trinajstić information content (AvgIpc) is 2.61. The molecule has 0 bridgehead atoms. The maximum atomic E-state index is 11.1. The summed E-state index contributed by atoms with van der Waals surface area (Å²) in [6.45, 7) is 0. The molecule has 80 valence electrons. The molecule has 7 nitrogen and oxygen atoms in total. The molecule has 1 rings (SSSR count). The minimum Gasteiger partial charge on any atom is -0.475 e. The summed E-state index contributed by atoms with van der Waals surface area (Å²) < 4.78 is 0. The summed E-state index contributed by atoms with van der Waals surface area (Å²) in [7, 11) is 0. The summed E-state index contributed by atoms with van der Waals surface area (Å²) in [6.07, 6.45) is 0. The van der Waals surface area contributed by atoms with Crippen molar-refractivity contribution in [3.63, 3.8) is 0 Å². The highest BCUT2D eigenvalue weighted by atomic mass is 35.5. The highest BCUT2D eigenvalue weighted by Gasteiger charge is 2.25. The van der Waals surface area contributed by atoms with Crippen molar-refractivity contribution in [2.75, 3.05) is 5.88 Å². The monoisotopic (exact) mass is 232 g/mol. The van der Waals surface area contributed by atoms with Crippen LogP contribution in [-0.2, 0) is 0 Å². The first-order chi connectivity index (χ1) is 6.97. The third-order valence-electron chi connectivity index (χ3n) is 1.63. The molecule has 0 saturated heterocycles. The largest absolute Gasteiger partial charge is 0.475 e. The number of aromatic amines is 1. The van der Waals surface area contributed by atoms with Gasteiger partial charge in [0.1, 0.15) is 5.56 Å². The predicted molar refractivity (Wildman–Crippen MR) is 49.5 cm³/mol. The van der Waals surface area contributed by atoms with Crippen molar-refractivity contribution in [3.05, 3.63) is 27.4 Å². The number of nitrogens with one attached hydrogen (secondary N) is 1. The topological polar surface area (TPSA) is 113 Å². The number of alkyl halides is 1. The van der Waals surface area contributed by atoms with Gasteiger partial charge >= 0.3 is 11.8 Å². The Morgan fingerprint density at radius 3 is 2.60 bits per heavy atom. The second-order valence-corrected chi connectivity index (χ2v) is 2.83. The van der Waals surface area contributed by atoms with Crippen LogP contribution in [0.3, 0.4) is 0 Å². The van der Waals surface area contributed by atoms with E-state index in [2.05, 4.69) is 0 Å². The number of carbonyl (C=O) groups is 2. The zero-order valence-electron chi connectivity index (χ0n) is 7.19.